The zero-order valence-electron chi connectivity index (χ0n) is 15.3. The molecule has 1 aliphatic heterocycles. The highest BCUT2D eigenvalue weighted by molar-refractivity contribution is 6.03. The van der Waals surface area contributed by atoms with E-state index in [0.717, 1.165) is 30.0 Å². The summed E-state index contributed by atoms with van der Waals surface area (Å²) in [5.41, 5.74) is 3.07. The van der Waals surface area contributed by atoms with Crippen molar-refractivity contribution in [2.45, 2.75) is 13.0 Å². The molecule has 9 heteroatoms. The van der Waals surface area contributed by atoms with Gasteiger partial charge in [-0.3, -0.25) is 9.78 Å². The number of hydrogen-bond donors (Lipinski definition) is 2. The first kappa shape index (κ1) is 19.9. The Morgan fingerprint density at radius 3 is 2.71 bits per heavy atom. The predicted octanol–water partition coefficient (Wildman–Crippen LogP) is 2.31. The second kappa shape index (κ2) is 8.92. The van der Waals surface area contributed by atoms with Crippen molar-refractivity contribution in [3.05, 3.63) is 65.9 Å². The van der Waals surface area contributed by atoms with Crippen LogP contribution in [0.1, 0.15) is 27.7 Å². The Kier molecular flexibility index (Phi) is 6.35. The summed E-state index contributed by atoms with van der Waals surface area (Å²) in [5, 5.41) is 10.4. The van der Waals surface area contributed by atoms with E-state index in [1.54, 1.807) is 18.6 Å². The van der Waals surface area contributed by atoms with Gasteiger partial charge in [-0.05, 0) is 24.6 Å². The number of nitrogens with zero attached hydrogens (tertiary/aromatic N) is 4. The first-order valence-electron chi connectivity index (χ1n) is 8.76. The van der Waals surface area contributed by atoms with Crippen LogP contribution in [-0.2, 0) is 4.74 Å². The second-order valence-electron chi connectivity index (χ2n) is 6.33. The summed E-state index contributed by atoms with van der Waals surface area (Å²) >= 11 is 0. The van der Waals surface area contributed by atoms with E-state index in [0.29, 0.717) is 18.0 Å². The second-order valence-corrected chi connectivity index (χ2v) is 6.33. The van der Waals surface area contributed by atoms with Crippen molar-refractivity contribution in [2.24, 2.45) is 0 Å². The molecule has 0 bridgehead atoms. The van der Waals surface area contributed by atoms with Gasteiger partial charge in [-0.1, -0.05) is 12.1 Å². The lowest BCUT2D eigenvalue weighted by atomic mass is 10.1. The number of aryl methyl sites for hydroxylation is 1. The molecule has 1 aliphatic rings. The number of aromatic nitrogens is 4. The molecular weight excluding hydrogens is 380 g/mol. The molecule has 1 fully saturated rings. The fraction of sp³-hybridized carbons (Fsp3) is 0.263. The number of benzene rings is 1. The quantitative estimate of drug-likeness (QED) is 0.698. The minimum Gasteiger partial charge on any atom is -0.371 e. The van der Waals surface area contributed by atoms with Gasteiger partial charge in [-0.15, -0.1) is 12.4 Å². The predicted molar refractivity (Wildman–Crippen MR) is 107 cm³/mol. The maximum absolute atomic E-state index is 12.5. The van der Waals surface area contributed by atoms with E-state index in [-0.39, 0.29) is 24.4 Å². The van der Waals surface area contributed by atoms with Gasteiger partial charge in [0.2, 0.25) is 0 Å². The summed E-state index contributed by atoms with van der Waals surface area (Å²) in [4.78, 5) is 20.9. The Morgan fingerprint density at radius 2 is 2.04 bits per heavy atom. The Labute approximate surface area is 168 Å². The van der Waals surface area contributed by atoms with Crippen molar-refractivity contribution in [3.63, 3.8) is 0 Å². The van der Waals surface area contributed by atoms with Gasteiger partial charge in [0.1, 0.15) is 0 Å². The molecule has 4 rings (SSSR count). The molecule has 1 unspecified atom stereocenters. The summed E-state index contributed by atoms with van der Waals surface area (Å²) in [6.07, 6.45) is 6.46. The normalized spacial score (nSPS) is 16.2. The van der Waals surface area contributed by atoms with E-state index in [1.165, 1.54) is 10.9 Å². The number of hydrogen-bond acceptors (Lipinski definition) is 6. The molecule has 1 atom stereocenters. The topological polar surface area (TPSA) is 94.0 Å². The van der Waals surface area contributed by atoms with Gasteiger partial charge >= 0.3 is 0 Å². The number of ether oxygens (including phenoxy) is 1. The van der Waals surface area contributed by atoms with Crippen molar-refractivity contribution in [1.29, 1.82) is 0 Å². The number of morpholine rings is 1. The van der Waals surface area contributed by atoms with Gasteiger partial charge < -0.3 is 15.4 Å². The number of nitrogens with one attached hydrogen (secondary N) is 2. The van der Waals surface area contributed by atoms with Gasteiger partial charge in [0.05, 0.1) is 42.6 Å². The first-order valence-corrected chi connectivity index (χ1v) is 8.76. The monoisotopic (exact) mass is 400 g/mol. The number of rotatable bonds is 4. The molecule has 2 N–H and O–H groups in total. The zero-order chi connectivity index (χ0) is 18.6. The first-order chi connectivity index (χ1) is 13.2. The number of anilines is 1. The number of carbonyl (C=O) groups excluding carboxylic acids is 1. The lowest BCUT2D eigenvalue weighted by Crippen LogP contribution is -2.33. The third-order valence-corrected chi connectivity index (χ3v) is 4.31. The molecule has 2 aromatic heterocycles. The fourth-order valence-corrected chi connectivity index (χ4v) is 2.83. The van der Waals surface area contributed by atoms with E-state index in [9.17, 15) is 4.79 Å². The summed E-state index contributed by atoms with van der Waals surface area (Å²) < 4.78 is 7.26. The number of halogens is 1. The number of carbonyl (C=O) groups is 1. The average molecular weight is 401 g/mol. The number of amides is 1. The van der Waals surface area contributed by atoms with Gasteiger partial charge in [0, 0.05) is 25.0 Å². The summed E-state index contributed by atoms with van der Waals surface area (Å²) in [6.45, 7) is 4.25. The van der Waals surface area contributed by atoms with Crippen LogP contribution >= 0.6 is 12.4 Å². The van der Waals surface area contributed by atoms with Crippen molar-refractivity contribution in [1.82, 2.24) is 25.1 Å². The molecule has 1 amide bonds. The fourth-order valence-electron chi connectivity index (χ4n) is 2.83. The molecule has 0 radical (unpaired) electrons. The van der Waals surface area contributed by atoms with Gasteiger partial charge in [0.15, 0.2) is 5.82 Å². The standard InChI is InChI=1S/C19H20N6O2.ClH/c1-13-8-22-18(11-21-13)25-12-15(9-23-25)19(26)24-16-4-2-14(3-5-16)17-10-20-6-7-27-17;/h2-5,8-9,11-12,17,20H,6-7,10H2,1H3,(H,24,26);1H. The van der Waals surface area contributed by atoms with Crippen LogP contribution in [0.25, 0.3) is 5.82 Å². The molecular formula is C19H21ClN6O2. The van der Waals surface area contributed by atoms with Crippen LogP contribution in [0.5, 0.6) is 0 Å². The highest BCUT2D eigenvalue weighted by atomic mass is 35.5. The zero-order valence-corrected chi connectivity index (χ0v) is 16.1. The van der Waals surface area contributed by atoms with E-state index in [4.69, 9.17) is 4.74 Å². The Morgan fingerprint density at radius 1 is 1.21 bits per heavy atom. The summed E-state index contributed by atoms with van der Waals surface area (Å²) in [6, 6.07) is 7.69. The van der Waals surface area contributed by atoms with Crippen LogP contribution in [0.15, 0.2) is 49.1 Å². The van der Waals surface area contributed by atoms with Gasteiger partial charge in [-0.2, -0.15) is 5.10 Å². The van der Waals surface area contributed by atoms with Gasteiger partial charge in [-0.25, -0.2) is 9.67 Å². The van der Waals surface area contributed by atoms with Crippen LogP contribution in [0.4, 0.5) is 5.69 Å². The molecule has 1 aromatic carbocycles. The Hall–Kier alpha value is -2.81. The van der Waals surface area contributed by atoms with Crippen LogP contribution < -0.4 is 10.6 Å². The largest absolute Gasteiger partial charge is 0.371 e. The lowest BCUT2D eigenvalue weighted by molar-refractivity contribution is 0.0277. The third-order valence-electron chi connectivity index (χ3n) is 4.31. The van der Waals surface area contributed by atoms with E-state index in [1.807, 2.05) is 31.2 Å². The summed E-state index contributed by atoms with van der Waals surface area (Å²) in [5.74, 6) is 0.328. The average Bonchev–Trinajstić information content (AvgIpc) is 3.20. The van der Waals surface area contributed by atoms with E-state index < -0.39 is 0 Å². The third kappa shape index (κ3) is 4.53. The lowest BCUT2D eigenvalue weighted by Gasteiger charge is -2.24. The van der Waals surface area contributed by atoms with Crippen molar-refractivity contribution < 1.29 is 9.53 Å². The van der Waals surface area contributed by atoms with Crippen molar-refractivity contribution in [2.75, 3.05) is 25.0 Å². The summed E-state index contributed by atoms with van der Waals surface area (Å²) in [7, 11) is 0. The van der Waals surface area contributed by atoms with Crippen molar-refractivity contribution in [3.8, 4) is 5.82 Å². The minimum atomic E-state index is -0.232. The SMILES string of the molecule is Cc1cnc(-n2cc(C(=O)Nc3ccc(C4CNCCO4)cc3)cn2)cn1.Cl. The maximum Gasteiger partial charge on any atom is 0.258 e. The molecule has 0 saturated carbocycles. The molecule has 3 heterocycles. The molecule has 3 aromatic rings. The van der Waals surface area contributed by atoms with E-state index in [2.05, 4.69) is 25.7 Å². The maximum atomic E-state index is 12.5. The minimum absolute atomic E-state index is 0. The molecule has 28 heavy (non-hydrogen) atoms. The van der Waals surface area contributed by atoms with Crippen LogP contribution in [0.2, 0.25) is 0 Å². The molecule has 0 spiro atoms. The molecule has 8 nitrogen and oxygen atoms in total. The molecule has 146 valence electrons. The smallest absolute Gasteiger partial charge is 0.258 e. The van der Waals surface area contributed by atoms with Crippen molar-refractivity contribution >= 4 is 24.0 Å². The highest BCUT2D eigenvalue weighted by Gasteiger charge is 2.16. The molecule has 0 aliphatic carbocycles. The Balaban J connectivity index is 0.00000225. The van der Waals surface area contributed by atoms with Crippen LogP contribution in [0.3, 0.4) is 0 Å². The van der Waals surface area contributed by atoms with Crippen LogP contribution in [-0.4, -0.2) is 45.4 Å². The van der Waals surface area contributed by atoms with Gasteiger partial charge in [0.25, 0.3) is 5.91 Å². The Bertz CT molecular complexity index is 920. The van der Waals surface area contributed by atoms with E-state index >= 15 is 0 Å². The molecule has 1 saturated heterocycles. The van der Waals surface area contributed by atoms with Crippen LogP contribution in [0, 0.1) is 6.92 Å². The highest BCUT2D eigenvalue weighted by Crippen LogP contribution is 2.21.